The van der Waals surface area contributed by atoms with Crippen molar-refractivity contribution in [3.63, 3.8) is 0 Å². The van der Waals surface area contributed by atoms with Gasteiger partial charge < -0.3 is 15.1 Å². The minimum atomic E-state index is -0.275. The number of nitrogens with zero attached hydrogens (tertiary/aromatic N) is 1. The van der Waals surface area contributed by atoms with Crippen LogP contribution in [0.25, 0.3) is 0 Å². The van der Waals surface area contributed by atoms with Gasteiger partial charge in [0.25, 0.3) is 5.89 Å². The van der Waals surface area contributed by atoms with E-state index in [1.54, 1.807) is 18.2 Å². The molecule has 24 heavy (non-hydrogen) atoms. The summed E-state index contributed by atoms with van der Waals surface area (Å²) in [6.07, 6.45) is 4.80. The van der Waals surface area contributed by atoms with Crippen molar-refractivity contribution in [3.05, 3.63) is 40.3 Å². The van der Waals surface area contributed by atoms with Crippen LogP contribution in [0.4, 0.5) is 0 Å². The summed E-state index contributed by atoms with van der Waals surface area (Å²) in [4.78, 5) is 17.2. The highest BCUT2D eigenvalue weighted by atomic mass is 35.5. The standard InChI is InChI=1S/C16H15Cl2N3O2S/c17-8-1-4-13(10(18)5-8)24-14-7-19-16(23-14)15(22)21-12-6-9-2-3-11(12)20-9/h1,4-5,7,9,11-12,20H,2-3,6H2,(H,21,22). The molecule has 3 unspecified atom stereocenters. The summed E-state index contributed by atoms with van der Waals surface area (Å²) < 4.78 is 5.55. The van der Waals surface area contributed by atoms with Crippen molar-refractivity contribution in [1.82, 2.24) is 15.6 Å². The molecule has 0 saturated carbocycles. The van der Waals surface area contributed by atoms with Gasteiger partial charge in [0.2, 0.25) is 0 Å². The minimum Gasteiger partial charge on any atom is -0.425 e. The largest absolute Gasteiger partial charge is 0.425 e. The fourth-order valence-electron chi connectivity index (χ4n) is 3.29. The first kappa shape index (κ1) is 16.3. The van der Waals surface area contributed by atoms with Crippen molar-refractivity contribution in [1.29, 1.82) is 0 Å². The lowest BCUT2D eigenvalue weighted by Gasteiger charge is -2.20. The van der Waals surface area contributed by atoms with Gasteiger partial charge in [0.15, 0.2) is 5.09 Å². The van der Waals surface area contributed by atoms with E-state index in [9.17, 15) is 4.79 Å². The molecule has 2 saturated heterocycles. The van der Waals surface area contributed by atoms with Crippen LogP contribution in [0.15, 0.2) is 38.8 Å². The van der Waals surface area contributed by atoms with Gasteiger partial charge in [0, 0.05) is 28.0 Å². The van der Waals surface area contributed by atoms with Crippen LogP contribution in [0, 0.1) is 0 Å². The summed E-state index contributed by atoms with van der Waals surface area (Å²) in [5.41, 5.74) is 0. The van der Waals surface area contributed by atoms with Crippen molar-refractivity contribution >= 4 is 40.9 Å². The van der Waals surface area contributed by atoms with Crippen LogP contribution < -0.4 is 10.6 Å². The number of halogens is 2. The molecule has 126 valence electrons. The summed E-state index contributed by atoms with van der Waals surface area (Å²) in [5, 5.41) is 8.11. The van der Waals surface area contributed by atoms with Crippen molar-refractivity contribution < 1.29 is 9.21 Å². The molecule has 0 aliphatic carbocycles. The van der Waals surface area contributed by atoms with Gasteiger partial charge >= 0.3 is 5.91 Å². The lowest BCUT2D eigenvalue weighted by molar-refractivity contribution is 0.0890. The number of rotatable bonds is 4. The summed E-state index contributed by atoms with van der Waals surface area (Å²) in [6.45, 7) is 0. The fourth-order valence-corrected chi connectivity index (χ4v) is 4.55. The number of carbonyl (C=O) groups excluding carboxylic acids is 1. The predicted molar refractivity (Wildman–Crippen MR) is 92.9 cm³/mol. The first-order valence-corrected chi connectivity index (χ1v) is 9.31. The van der Waals surface area contributed by atoms with Crippen molar-refractivity contribution in [2.75, 3.05) is 0 Å². The Hall–Kier alpha value is -1.21. The molecule has 0 spiro atoms. The van der Waals surface area contributed by atoms with E-state index in [0.717, 1.165) is 17.7 Å². The van der Waals surface area contributed by atoms with Crippen LogP contribution in [-0.2, 0) is 0 Å². The molecular formula is C16H15Cl2N3O2S. The fraction of sp³-hybridized carbons (Fsp3) is 0.375. The lowest BCUT2D eigenvalue weighted by atomic mass is 9.95. The summed E-state index contributed by atoms with van der Waals surface area (Å²) in [5.74, 6) is -0.200. The van der Waals surface area contributed by atoms with Gasteiger partial charge in [-0.25, -0.2) is 4.98 Å². The van der Waals surface area contributed by atoms with Gasteiger partial charge in [-0.15, -0.1) is 0 Å². The Kier molecular flexibility index (Phi) is 4.47. The second-order valence-electron chi connectivity index (χ2n) is 6.02. The number of aromatic nitrogens is 1. The average molecular weight is 384 g/mol. The van der Waals surface area contributed by atoms with E-state index in [0.29, 0.717) is 27.2 Å². The number of fused-ring (bicyclic) bond motifs is 2. The van der Waals surface area contributed by atoms with E-state index in [1.165, 1.54) is 24.4 Å². The molecule has 5 nitrogen and oxygen atoms in total. The number of oxazole rings is 1. The maximum Gasteiger partial charge on any atom is 0.307 e. The molecule has 3 heterocycles. The Morgan fingerprint density at radius 1 is 1.38 bits per heavy atom. The number of amides is 1. The molecule has 2 fully saturated rings. The number of benzene rings is 1. The molecular weight excluding hydrogens is 369 g/mol. The summed E-state index contributed by atoms with van der Waals surface area (Å²) in [7, 11) is 0. The van der Waals surface area contributed by atoms with E-state index in [-0.39, 0.29) is 17.8 Å². The average Bonchev–Trinajstić information content (AvgIpc) is 3.26. The highest BCUT2D eigenvalue weighted by Gasteiger charge is 2.40. The first-order chi connectivity index (χ1) is 11.6. The third kappa shape index (κ3) is 3.28. The van der Waals surface area contributed by atoms with E-state index >= 15 is 0 Å². The zero-order chi connectivity index (χ0) is 16.7. The molecule has 0 radical (unpaired) electrons. The van der Waals surface area contributed by atoms with Crippen LogP contribution in [0.2, 0.25) is 10.0 Å². The maximum absolute atomic E-state index is 12.3. The zero-order valence-corrected chi connectivity index (χ0v) is 14.9. The predicted octanol–water partition coefficient (Wildman–Crippen LogP) is 3.76. The molecule has 3 atom stereocenters. The topological polar surface area (TPSA) is 67.2 Å². The summed E-state index contributed by atoms with van der Waals surface area (Å²) >= 11 is 13.3. The first-order valence-electron chi connectivity index (χ1n) is 7.74. The van der Waals surface area contributed by atoms with Crippen LogP contribution in [0.3, 0.4) is 0 Å². The molecule has 2 aliphatic rings. The molecule has 8 heteroatoms. The lowest BCUT2D eigenvalue weighted by Crippen LogP contribution is -2.43. The molecule has 1 amide bonds. The molecule has 2 aliphatic heterocycles. The zero-order valence-electron chi connectivity index (χ0n) is 12.6. The molecule has 2 N–H and O–H groups in total. The van der Waals surface area contributed by atoms with E-state index in [4.69, 9.17) is 27.6 Å². The Balaban J connectivity index is 1.41. The molecule has 1 aromatic carbocycles. The SMILES string of the molecule is O=C(NC1CC2CCC1N2)c1ncc(Sc2ccc(Cl)cc2Cl)o1. The number of nitrogens with one attached hydrogen (secondary N) is 2. The molecule has 2 bridgehead atoms. The van der Waals surface area contributed by atoms with E-state index in [1.807, 2.05) is 0 Å². The molecule has 4 rings (SSSR count). The van der Waals surface area contributed by atoms with Crippen molar-refractivity contribution in [2.24, 2.45) is 0 Å². The van der Waals surface area contributed by atoms with Crippen LogP contribution >= 0.6 is 35.0 Å². The van der Waals surface area contributed by atoms with Crippen molar-refractivity contribution in [3.8, 4) is 0 Å². The number of hydrogen-bond acceptors (Lipinski definition) is 5. The Morgan fingerprint density at radius 2 is 2.25 bits per heavy atom. The van der Waals surface area contributed by atoms with E-state index < -0.39 is 0 Å². The van der Waals surface area contributed by atoms with Gasteiger partial charge in [-0.3, -0.25) is 4.79 Å². The quantitative estimate of drug-likeness (QED) is 0.841. The monoisotopic (exact) mass is 383 g/mol. The van der Waals surface area contributed by atoms with Crippen LogP contribution in [0.5, 0.6) is 0 Å². The van der Waals surface area contributed by atoms with E-state index in [2.05, 4.69) is 15.6 Å². The Bertz CT molecular complexity index is 782. The third-order valence-electron chi connectivity index (χ3n) is 4.40. The second-order valence-corrected chi connectivity index (χ2v) is 7.91. The van der Waals surface area contributed by atoms with Crippen LogP contribution in [0.1, 0.15) is 29.9 Å². The van der Waals surface area contributed by atoms with Gasteiger partial charge in [-0.05, 0) is 49.2 Å². The molecule has 1 aromatic heterocycles. The van der Waals surface area contributed by atoms with Crippen LogP contribution in [-0.4, -0.2) is 29.0 Å². The minimum absolute atomic E-state index is 0.0744. The number of hydrogen-bond donors (Lipinski definition) is 2. The van der Waals surface area contributed by atoms with Gasteiger partial charge in [0.05, 0.1) is 11.2 Å². The number of carbonyl (C=O) groups is 1. The Labute approximate surface area is 153 Å². The second kappa shape index (κ2) is 6.59. The highest BCUT2D eigenvalue weighted by Crippen LogP contribution is 2.35. The molecule has 2 aromatic rings. The normalized spacial score (nSPS) is 25.2. The Morgan fingerprint density at radius 3 is 2.96 bits per heavy atom. The highest BCUT2D eigenvalue weighted by molar-refractivity contribution is 7.99. The summed E-state index contributed by atoms with van der Waals surface area (Å²) in [6, 6.07) is 6.28. The maximum atomic E-state index is 12.3. The third-order valence-corrected chi connectivity index (χ3v) is 6.03. The van der Waals surface area contributed by atoms with Gasteiger partial charge in [0.1, 0.15) is 0 Å². The van der Waals surface area contributed by atoms with Gasteiger partial charge in [-0.1, -0.05) is 23.2 Å². The van der Waals surface area contributed by atoms with Gasteiger partial charge in [-0.2, -0.15) is 0 Å². The smallest absolute Gasteiger partial charge is 0.307 e. The van der Waals surface area contributed by atoms with Crippen molar-refractivity contribution in [2.45, 2.75) is 47.4 Å².